The van der Waals surface area contributed by atoms with Gasteiger partial charge in [-0.3, -0.25) is 19.2 Å². The summed E-state index contributed by atoms with van der Waals surface area (Å²) in [4.78, 5) is 58.0. The van der Waals surface area contributed by atoms with Gasteiger partial charge in [-0.05, 0) is 180 Å². The number of ether oxygens (including phenoxy) is 2. The molecule has 7 aliphatic carbocycles. The Bertz CT molecular complexity index is 1790. The summed E-state index contributed by atoms with van der Waals surface area (Å²) in [6.07, 6.45) is 15.4. The van der Waals surface area contributed by atoms with Gasteiger partial charge in [0.05, 0.1) is 17.3 Å². The molecule has 14 atom stereocenters. The highest BCUT2D eigenvalue weighted by Gasteiger charge is 2.73. The first-order valence-corrected chi connectivity index (χ1v) is 25.7. The van der Waals surface area contributed by atoms with Gasteiger partial charge < -0.3 is 19.7 Å². The Labute approximate surface area is 376 Å². The highest BCUT2D eigenvalue weighted by molar-refractivity contribution is 5.86. The summed E-state index contributed by atoms with van der Waals surface area (Å²) >= 11 is 0. The molecule has 8 aliphatic rings. The fraction of sp³-hybridized carbons (Fsp3) is 0.926. The van der Waals surface area contributed by atoms with Gasteiger partial charge >= 0.3 is 11.9 Å². The van der Waals surface area contributed by atoms with Crippen molar-refractivity contribution in [3.05, 3.63) is 0 Å². The standard InChI is InChI=1S/C54H88N2O6/c1-32(2)33-20-25-54(46(60)55-40-31-35(49(40,8)9)43(57)56-28-16-15-17-29-56)27-26-52(13)34(42(33)54)18-19-39-51(12)23-22-41(50(10,11)38(51)21-24-53(39,52)14)61-44(58)36-30-37(48(36,6)7)45(59)62-47(3,4)5/h32-42H,15-31H2,1-14H3,(H,55,60)/t33-,34?,35-,36?,37+,38-,39+,40?,41-,42+,51-,52+,53+,54-/m0/s1. The average molecular weight is 861 g/mol. The number of amides is 2. The number of fused-ring (bicyclic) bond motifs is 7. The minimum Gasteiger partial charge on any atom is -0.462 e. The summed E-state index contributed by atoms with van der Waals surface area (Å²) in [6, 6.07) is 0.0470. The zero-order chi connectivity index (χ0) is 45.4. The second kappa shape index (κ2) is 15.2. The molecule has 2 amide bonds. The number of likely N-dealkylation sites (tertiary alicyclic amines) is 1. The first-order chi connectivity index (χ1) is 28.7. The Balaban J connectivity index is 0.974. The molecule has 8 fully saturated rings. The molecular formula is C54H88N2O6. The molecule has 1 heterocycles. The van der Waals surface area contributed by atoms with E-state index in [2.05, 4.69) is 72.5 Å². The third kappa shape index (κ3) is 6.81. The molecule has 8 nitrogen and oxygen atoms in total. The van der Waals surface area contributed by atoms with Gasteiger partial charge in [0.1, 0.15) is 11.7 Å². The SMILES string of the molecule is CC(C)[C@@H]1CC[C@]2(C(=O)NC3C[C@@H](C(=O)N4CCCCC4)C3(C)C)CC[C@]3(C)C(CC[C@@H]4[C@@]5(C)CC[C@H](OC(=O)C6C[C@H](C(=O)OC(C)(C)C)C6(C)C)C(C)(C)[C@@H]5CC[C@]43C)[C@@H]12. The molecule has 1 saturated heterocycles. The van der Waals surface area contributed by atoms with Crippen molar-refractivity contribution in [1.82, 2.24) is 10.2 Å². The summed E-state index contributed by atoms with van der Waals surface area (Å²) in [7, 11) is 0. The number of carbonyl (C=O) groups excluding carboxylic acids is 4. The lowest BCUT2D eigenvalue weighted by Gasteiger charge is -2.73. The maximum Gasteiger partial charge on any atom is 0.310 e. The molecule has 1 aliphatic heterocycles. The second-order valence-corrected chi connectivity index (χ2v) is 26.8. The quantitative estimate of drug-likeness (QED) is 0.256. The molecule has 0 aromatic heterocycles. The number of hydrogen-bond acceptors (Lipinski definition) is 6. The van der Waals surface area contributed by atoms with E-state index in [1.807, 2.05) is 34.6 Å². The zero-order valence-electron chi connectivity index (χ0n) is 41.8. The number of rotatable bonds is 7. The van der Waals surface area contributed by atoms with Crippen molar-refractivity contribution >= 4 is 23.8 Å². The molecule has 8 rings (SSSR count). The van der Waals surface area contributed by atoms with Gasteiger partial charge in [0.15, 0.2) is 0 Å². The van der Waals surface area contributed by atoms with Crippen LogP contribution >= 0.6 is 0 Å². The van der Waals surface area contributed by atoms with Crippen molar-refractivity contribution in [1.29, 1.82) is 0 Å². The molecule has 0 aromatic rings. The summed E-state index contributed by atoms with van der Waals surface area (Å²) in [6.45, 7) is 33.5. The van der Waals surface area contributed by atoms with Crippen LogP contribution in [0.2, 0.25) is 0 Å². The van der Waals surface area contributed by atoms with Crippen LogP contribution in [-0.2, 0) is 28.7 Å². The van der Waals surface area contributed by atoms with Crippen LogP contribution in [0.4, 0.5) is 0 Å². The Hall–Kier alpha value is -2.12. The summed E-state index contributed by atoms with van der Waals surface area (Å²) in [5, 5.41) is 3.70. The number of nitrogens with one attached hydrogen (secondary N) is 1. The second-order valence-electron chi connectivity index (χ2n) is 26.8. The third-order valence-electron chi connectivity index (χ3n) is 21.8. The minimum atomic E-state index is -0.552. The smallest absolute Gasteiger partial charge is 0.310 e. The maximum atomic E-state index is 15.1. The molecule has 0 bridgehead atoms. The van der Waals surface area contributed by atoms with Crippen molar-refractivity contribution in [2.45, 2.75) is 211 Å². The number of nitrogens with zero attached hydrogens (tertiary/aromatic N) is 1. The van der Waals surface area contributed by atoms with Crippen molar-refractivity contribution in [3.63, 3.8) is 0 Å². The van der Waals surface area contributed by atoms with Crippen LogP contribution in [0.15, 0.2) is 0 Å². The normalized spacial score (nSPS) is 45.2. The van der Waals surface area contributed by atoms with E-state index in [0.717, 1.165) is 77.3 Å². The minimum absolute atomic E-state index is 0.00637. The van der Waals surface area contributed by atoms with Crippen LogP contribution in [0.1, 0.15) is 193 Å². The largest absolute Gasteiger partial charge is 0.462 e. The number of carbonyl (C=O) groups is 4. The van der Waals surface area contributed by atoms with E-state index < -0.39 is 11.0 Å². The highest BCUT2D eigenvalue weighted by atomic mass is 16.6. The average Bonchev–Trinajstić information content (AvgIpc) is 3.58. The molecule has 3 unspecified atom stereocenters. The summed E-state index contributed by atoms with van der Waals surface area (Å²) in [5.74, 6) is 2.68. The molecule has 0 spiro atoms. The van der Waals surface area contributed by atoms with Crippen LogP contribution in [0.25, 0.3) is 0 Å². The first-order valence-electron chi connectivity index (χ1n) is 25.7. The predicted octanol–water partition coefficient (Wildman–Crippen LogP) is 11.2. The Morgan fingerprint density at radius 1 is 0.645 bits per heavy atom. The van der Waals surface area contributed by atoms with Gasteiger partial charge in [-0.25, -0.2) is 0 Å². The van der Waals surface area contributed by atoms with E-state index in [9.17, 15) is 14.4 Å². The number of hydrogen-bond donors (Lipinski definition) is 1. The van der Waals surface area contributed by atoms with E-state index >= 15 is 4.79 Å². The van der Waals surface area contributed by atoms with Crippen LogP contribution in [-0.4, -0.2) is 59.5 Å². The fourth-order valence-corrected chi connectivity index (χ4v) is 17.5. The summed E-state index contributed by atoms with van der Waals surface area (Å²) in [5.41, 5.74) is -1.33. The van der Waals surface area contributed by atoms with Crippen molar-refractivity contribution in [2.75, 3.05) is 13.1 Å². The number of esters is 2. The lowest BCUT2D eigenvalue weighted by molar-refractivity contribution is -0.252. The molecule has 1 N–H and O–H groups in total. The van der Waals surface area contributed by atoms with Crippen LogP contribution in [0, 0.1) is 91.2 Å². The monoisotopic (exact) mass is 861 g/mol. The zero-order valence-corrected chi connectivity index (χ0v) is 41.8. The van der Waals surface area contributed by atoms with Gasteiger partial charge in [0.2, 0.25) is 11.8 Å². The van der Waals surface area contributed by atoms with E-state index in [4.69, 9.17) is 9.47 Å². The van der Waals surface area contributed by atoms with Crippen molar-refractivity contribution < 1.29 is 28.7 Å². The van der Waals surface area contributed by atoms with E-state index in [0.29, 0.717) is 53.7 Å². The van der Waals surface area contributed by atoms with Gasteiger partial charge in [0.25, 0.3) is 0 Å². The molecular weight excluding hydrogens is 773 g/mol. The Kier molecular flexibility index (Phi) is 11.4. The van der Waals surface area contributed by atoms with Gasteiger partial charge in [0, 0.05) is 30.5 Å². The lowest BCUT2D eigenvalue weighted by atomic mass is 9.32. The number of piperidine rings is 1. The Morgan fingerprint density at radius 3 is 1.92 bits per heavy atom. The van der Waals surface area contributed by atoms with Crippen molar-refractivity contribution in [3.8, 4) is 0 Å². The fourth-order valence-electron chi connectivity index (χ4n) is 17.5. The van der Waals surface area contributed by atoms with Gasteiger partial charge in [-0.1, -0.05) is 76.2 Å². The predicted molar refractivity (Wildman–Crippen MR) is 244 cm³/mol. The van der Waals surface area contributed by atoms with Crippen molar-refractivity contribution in [2.24, 2.45) is 91.2 Å². The van der Waals surface area contributed by atoms with Gasteiger partial charge in [-0.15, -0.1) is 0 Å². The van der Waals surface area contributed by atoms with Crippen LogP contribution in [0.5, 0.6) is 0 Å². The molecule has 62 heavy (non-hydrogen) atoms. The summed E-state index contributed by atoms with van der Waals surface area (Å²) < 4.78 is 12.3. The van der Waals surface area contributed by atoms with Crippen LogP contribution < -0.4 is 5.32 Å². The lowest BCUT2D eigenvalue weighted by Crippen LogP contribution is -2.68. The Morgan fingerprint density at radius 2 is 1.31 bits per heavy atom. The van der Waals surface area contributed by atoms with E-state index in [1.54, 1.807) is 0 Å². The first kappa shape index (κ1) is 46.4. The molecule has 8 heteroatoms. The molecule has 0 aromatic carbocycles. The topological polar surface area (TPSA) is 102 Å². The van der Waals surface area contributed by atoms with Gasteiger partial charge in [-0.2, -0.15) is 0 Å². The molecule has 0 radical (unpaired) electrons. The third-order valence-corrected chi connectivity index (χ3v) is 21.8. The molecule has 350 valence electrons. The van der Waals surface area contributed by atoms with Crippen LogP contribution in [0.3, 0.4) is 0 Å². The maximum absolute atomic E-state index is 15.1. The highest BCUT2D eigenvalue weighted by Crippen LogP contribution is 2.78. The van der Waals surface area contributed by atoms with E-state index in [1.165, 1.54) is 25.7 Å². The molecule has 7 saturated carbocycles. The van der Waals surface area contributed by atoms with E-state index in [-0.39, 0.29) is 74.3 Å².